The molecule has 1 N–H and O–H groups in total. The van der Waals surface area contributed by atoms with Crippen LogP contribution in [-0.4, -0.2) is 47.2 Å². The van der Waals surface area contributed by atoms with E-state index in [9.17, 15) is 14.7 Å². The fourth-order valence-corrected chi connectivity index (χ4v) is 3.56. The molecular weight excluding hydrogens is 354 g/mol. The number of esters is 1. The number of rotatable bonds is 12. The quantitative estimate of drug-likeness (QED) is 0.338. The van der Waals surface area contributed by atoms with Crippen LogP contribution in [0.15, 0.2) is 42.5 Å². The van der Waals surface area contributed by atoms with E-state index < -0.39 is 6.10 Å². The monoisotopic (exact) mass is 387 g/mol. The Morgan fingerprint density at radius 1 is 1.25 bits per heavy atom. The highest BCUT2D eigenvalue weighted by Gasteiger charge is 2.28. The van der Waals surface area contributed by atoms with Crippen LogP contribution in [0.2, 0.25) is 0 Å². The van der Waals surface area contributed by atoms with Crippen LogP contribution in [0.5, 0.6) is 0 Å². The average molecular weight is 388 g/mol. The van der Waals surface area contributed by atoms with E-state index in [2.05, 4.69) is 0 Å². The summed E-state index contributed by atoms with van der Waals surface area (Å²) in [5.74, 6) is 0.0650. The minimum absolute atomic E-state index is 0.0810. The molecule has 0 radical (unpaired) electrons. The van der Waals surface area contributed by atoms with Gasteiger partial charge in [-0.3, -0.25) is 9.59 Å². The van der Waals surface area contributed by atoms with Gasteiger partial charge in [-0.2, -0.15) is 0 Å². The maximum absolute atomic E-state index is 12.2. The van der Waals surface area contributed by atoms with Gasteiger partial charge < -0.3 is 14.7 Å². The molecule has 1 aliphatic rings. The third-order valence-electron chi connectivity index (χ3n) is 5.05. The van der Waals surface area contributed by atoms with Crippen LogP contribution in [0.4, 0.5) is 0 Å². The lowest BCUT2D eigenvalue weighted by Gasteiger charge is -2.22. The first kappa shape index (κ1) is 22.2. The fourth-order valence-electron chi connectivity index (χ4n) is 3.56. The Bertz CT molecular complexity index is 629. The van der Waals surface area contributed by atoms with Gasteiger partial charge in [0, 0.05) is 25.8 Å². The molecule has 0 spiro atoms. The van der Waals surface area contributed by atoms with Crippen molar-refractivity contribution in [3.63, 3.8) is 0 Å². The van der Waals surface area contributed by atoms with Gasteiger partial charge in [0.15, 0.2) is 0 Å². The number of benzene rings is 1. The van der Waals surface area contributed by atoms with Crippen molar-refractivity contribution < 1.29 is 19.4 Å². The topological polar surface area (TPSA) is 66.8 Å². The zero-order valence-corrected chi connectivity index (χ0v) is 16.9. The molecule has 5 nitrogen and oxygen atoms in total. The number of aliphatic hydroxyl groups excluding tert-OH is 1. The first-order chi connectivity index (χ1) is 13.6. The van der Waals surface area contributed by atoms with E-state index >= 15 is 0 Å². The fraction of sp³-hybridized carbons (Fsp3) is 0.565. The van der Waals surface area contributed by atoms with Crippen molar-refractivity contribution in [2.45, 2.75) is 70.4 Å². The van der Waals surface area contributed by atoms with Gasteiger partial charge in [0.1, 0.15) is 0 Å². The predicted molar refractivity (Wildman–Crippen MR) is 110 cm³/mol. The molecule has 2 rings (SSSR count). The Labute approximate surface area is 168 Å². The molecule has 154 valence electrons. The Hall–Kier alpha value is -2.14. The molecule has 0 saturated carbocycles. The van der Waals surface area contributed by atoms with Crippen LogP contribution in [0.1, 0.15) is 57.4 Å². The molecule has 0 aromatic heterocycles. The third kappa shape index (κ3) is 7.85. The summed E-state index contributed by atoms with van der Waals surface area (Å²) < 4.78 is 4.92. The molecule has 0 bridgehead atoms. The number of unbranched alkanes of at least 4 members (excludes halogenated alkanes) is 3. The van der Waals surface area contributed by atoms with Crippen molar-refractivity contribution >= 4 is 11.9 Å². The number of amides is 1. The summed E-state index contributed by atoms with van der Waals surface area (Å²) in [6.45, 7) is 2.99. The largest absolute Gasteiger partial charge is 0.466 e. The Morgan fingerprint density at radius 3 is 2.75 bits per heavy atom. The van der Waals surface area contributed by atoms with E-state index in [1.54, 1.807) is 0 Å². The van der Waals surface area contributed by atoms with Gasteiger partial charge in [0.05, 0.1) is 18.8 Å². The first-order valence-electron chi connectivity index (χ1n) is 10.5. The van der Waals surface area contributed by atoms with Crippen molar-refractivity contribution in [1.82, 2.24) is 4.90 Å². The van der Waals surface area contributed by atoms with Gasteiger partial charge >= 0.3 is 5.97 Å². The second-order valence-corrected chi connectivity index (χ2v) is 7.30. The third-order valence-corrected chi connectivity index (χ3v) is 5.05. The van der Waals surface area contributed by atoms with Gasteiger partial charge in [-0.25, -0.2) is 0 Å². The Morgan fingerprint density at radius 2 is 2.00 bits per heavy atom. The number of likely N-dealkylation sites (tertiary alicyclic amines) is 1. The maximum Gasteiger partial charge on any atom is 0.305 e. The summed E-state index contributed by atoms with van der Waals surface area (Å²) >= 11 is 0. The number of hydrogen-bond donors (Lipinski definition) is 1. The smallest absolute Gasteiger partial charge is 0.305 e. The van der Waals surface area contributed by atoms with Crippen LogP contribution in [0, 0.1) is 0 Å². The van der Waals surface area contributed by atoms with Gasteiger partial charge in [0.2, 0.25) is 5.91 Å². The van der Waals surface area contributed by atoms with Crippen molar-refractivity contribution in [2.24, 2.45) is 0 Å². The van der Waals surface area contributed by atoms with E-state index in [1.807, 2.05) is 54.3 Å². The molecule has 1 saturated heterocycles. The lowest BCUT2D eigenvalue weighted by atomic mass is 10.1. The highest BCUT2D eigenvalue weighted by molar-refractivity contribution is 5.79. The second kappa shape index (κ2) is 12.3. The molecule has 0 unspecified atom stereocenters. The Balaban J connectivity index is 1.69. The van der Waals surface area contributed by atoms with Gasteiger partial charge in [-0.15, -0.1) is 0 Å². The standard InChI is InChI=1S/C23H33NO4/c1-2-28-23(27)12-8-3-4-9-17-24-20(14-16-22(24)26)13-15-21(25)18-19-10-6-5-7-11-19/h5-7,10-11,13,15,20-21,25H,2-4,8-9,12,14,16-18H2,1H3/t20-,21-/m0/s1. The summed E-state index contributed by atoms with van der Waals surface area (Å²) in [6.07, 6.45) is 9.45. The SMILES string of the molecule is CCOC(=O)CCCCCCN1C(=O)CC[C@@H]1C=C[C@H](O)Cc1ccccc1. The van der Waals surface area contributed by atoms with E-state index in [-0.39, 0.29) is 17.9 Å². The van der Waals surface area contributed by atoms with Crippen LogP contribution in [0.25, 0.3) is 0 Å². The van der Waals surface area contributed by atoms with E-state index in [0.717, 1.165) is 44.2 Å². The lowest BCUT2D eigenvalue weighted by molar-refractivity contribution is -0.143. The number of carbonyl (C=O) groups is 2. The number of carbonyl (C=O) groups excluding carboxylic acids is 2. The minimum atomic E-state index is -0.539. The molecule has 1 heterocycles. The van der Waals surface area contributed by atoms with E-state index in [0.29, 0.717) is 25.9 Å². The molecular formula is C23H33NO4. The van der Waals surface area contributed by atoms with Gasteiger partial charge in [-0.05, 0) is 31.7 Å². The molecule has 5 heteroatoms. The number of hydrogen-bond acceptors (Lipinski definition) is 4. The van der Waals surface area contributed by atoms with Crippen LogP contribution in [0.3, 0.4) is 0 Å². The highest BCUT2D eigenvalue weighted by Crippen LogP contribution is 2.21. The molecule has 0 aliphatic carbocycles. The highest BCUT2D eigenvalue weighted by atomic mass is 16.5. The lowest BCUT2D eigenvalue weighted by Crippen LogP contribution is -2.32. The summed E-state index contributed by atoms with van der Waals surface area (Å²) in [4.78, 5) is 25.4. The van der Waals surface area contributed by atoms with Crippen LogP contribution >= 0.6 is 0 Å². The van der Waals surface area contributed by atoms with E-state index in [4.69, 9.17) is 4.74 Å². The van der Waals surface area contributed by atoms with Gasteiger partial charge in [-0.1, -0.05) is 55.3 Å². The zero-order valence-electron chi connectivity index (χ0n) is 16.9. The molecule has 1 aromatic rings. The minimum Gasteiger partial charge on any atom is -0.466 e. The van der Waals surface area contributed by atoms with Crippen molar-refractivity contribution in [3.8, 4) is 0 Å². The molecule has 2 atom stereocenters. The number of nitrogens with zero attached hydrogens (tertiary/aromatic N) is 1. The summed E-state index contributed by atoms with van der Waals surface area (Å²) in [5, 5.41) is 10.2. The number of ether oxygens (including phenoxy) is 1. The molecule has 1 amide bonds. The van der Waals surface area contributed by atoms with Crippen molar-refractivity contribution in [2.75, 3.05) is 13.2 Å². The second-order valence-electron chi connectivity index (χ2n) is 7.30. The van der Waals surface area contributed by atoms with E-state index in [1.165, 1.54) is 0 Å². The first-order valence-corrected chi connectivity index (χ1v) is 10.5. The van der Waals surface area contributed by atoms with Crippen LogP contribution in [-0.2, 0) is 20.7 Å². The molecule has 28 heavy (non-hydrogen) atoms. The summed E-state index contributed by atoms with van der Waals surface area (Å²) in [7, 11) is 0. The summed E-state index contributed by atoms with van der Waals surface area (Å²) in [5.41, 5.74) is 1.10. The molecule has 1 aliphatic heterocycles. The number of aliphatic hydroxyl groups is 1. The van der Waals surface area contributed by atoms with Crippen molar-refractivity contribution in [3.05, 3.63) is 48.0 Å². The van der Waals surface area contributed by atoms with Crippen LogP contribution < -0.4 is 0 Å². The summed E-state index contributed by atoms with van der Waals surface area (Å²) in [6, 6.07) is 9.99. The zero-order chi connectivity index (χ0) is 20.2. The van der Waals surface area contributed by atoms with Gasteiger partial charge in [0.25, 0.3) is 0 Å². The predicted octanol–water partition coefficient (Wildman–Crippen LogP) is 3.65. The molecule has 1 aromatic carbocycles. The Kier molecular flexibility index (Phi) is 9.77. The normalized spacial score (nSPS) is 18.0. The average Bonchev–Trinajstić information content (AvgIpc) is 3.03. The van der Waals surface area contributed by atoms with Crippen molar-refractivity contribution in [1.29, 1.82) is 0 Å². The molecule has 1 fully saturated rings. The maximum atomic E-state index is 12.2.